The van der Waals surface area contributed by atoms with Gasteiger partial charge in [-0.05, 0) is 78.6 Å². The first kappa shape index (κ1) is 20.7. The standard InChI is InChI=1S/C26H26N2O3/c1-4-15-30-22-12-7-18(8-13-22)25(29)27-21-10-5-19(6-11-21)26-28-23-16-20(17(2)3)9-14-24(23)31-26/h5-14,16-17H,4,15H2,1-3H3,(H,27,29). The van der Waals surface area contributed by atoms with Crippen molar-refractivity contribution in [3.8, 4) is 17.2 Å². The van der Waals surface area contributed by atoms with Gasteiger partial charge >= 0.3 is 0 Å². The lowest BCUT2D eigenvalue weighted by atomic mass is 10.0. The fourth-order valence-electron chi connectivity index (χ4n) is 3.25. The Hall–Kier alpha value is -3.60. The summed E-state index contributed by atoms with van der Waals surface area (Å²) >= 11 is 0. The fourth-order valence-corrected chi connectivity index (χ4v) is 3.25. The van der Waals surface area contributed by atoms with Crippen molar-refractivity contribution in [1.29, 1.82) is 0 Å². The molecule has 4 aromatic rings. The summed E-state index contributed by atoms with van der Waals surface area (Å²) in [5, 5.41) is 2.92. The first-order valence-corrected chi connectivity index (χ1v) is 10.6. The van der Waals surface area contributed by atoms with Gasteiger partial charge in [0.1, 0.15) is 11.3 Å². The van der Waals surface area contributed by atoms with Gasteiger partial charge < -0.3 is 14.5 Å². The minimum atomic E-state index is -0.169. The number of carbonyl (C=O) groups is 1. The van der Waals surface area contributed by atoms with Crippen LogP contribution in [-0.4, -0.2) is 17.5 Å². The Morgan fingerprint density at radius 1 is 1.03 bits per heavy atom. The lowest BCUT2D eigenvalue weighted by Crippen LogP contribution is -2.11. The van der Waals surface area contributed by atoms with E-state index in [1.807, 2.05) is 42.5 Å². The Morgan fingerprint density at radius 3 is 2.45 bits per heavy atom. The summed E-state index contributed by atoms with van der Waals surface area (Å²) in [5.74, 6) is 1.60. The van der Waals surface area contributed by atoms with Crippen LogP contribution in [0.15, 0.2) is 71.1 Å². The van der Waals surface area contributed by atoms with Gasteiger partial charge in [0.05, 0.1) is 6.61 Å². The van der Waals surface area contributed by atoms with Crippen LogP contribution in [0.3, 0.4) is 0 Å². The van der Waals surface area contributed by atoms with Crippen LogP contribution in [0, 0.1) is 0 Å². The second kappa shape index (κ2) is 9.04. The highest BCUT2D eigenvalue weighted by Gasteiger charge is 2.11. The van der Waals surface area contributed by atoms with Crippen molar-refractivity contribution < 1.29 is 13.9 Å². The van der Waals surface area contributed by atoms with Crippen molar-refractivity contribution in [1.82, 2.24) is 4.98 Å². The molecule has 0 saturated carbocycles. The Labute approximate surface area is 182 Å². The Morgan fingerprint density at radius 2 is 1.77 bits per heavy atom. The number of nitrogens with zero attached hydrogens (tertiary/aromatic N) is 1. The van der Waals surface area contributed by atoms with Crippen molar-refractivity contribution in [3.63, 3.8) is 0 Å². The quantitative estimate of drug-likeness (QED) is 0.367. The lowest BCUT2D eigenvalue weighted by molar-refractivity contribution is 0.102. The second-order valence-electron chi connectivity index (χ2n) is 7.81. The molecule has 158 valence electrons. The fraction of sp³-hybridized carbons (Fsp3) is 0.231. The lowest BCUT2D eigenvalue weighted by Gasteiger charge is -2.07. The van der Waals surface area contributed by atoms with Crippen LogP contribution in [-0.2, 0) is 0 Å². The topological polar surface area (TPSA) is 64.4 Å². The van der Waals surface area contributed by atoms with E-state index in [1.165, 1.54) is 5.56 Å². The Bertz CT molecular complexity index is 1180. The van der Waals surface area contributed by atoms with Crippen molar-refractivity contribution in [2.45, 2.75) is 33.1 Å². The number of ether oxygens (including phenoxy) is 1. The third kappa shape index (κ3) is 4.77. The van der Waals surface area contributed by atoms with Crippen LogP contribution in [0.1, 0.15) is 49.0 Å². The van der Waals surface area contributed by atoms with E-state index in [0.717, 1.165) is 28.8 Å². The van der Waals surface area contributed by atoms with Crippen LogP contribution >= 0.6 is 0 Å². The molecule has 1 amide bonds. The predicted molar refractivity (Wildman–Crippen MR) is 124 cm³/mol. The molecule has 0 atom stereocenters. The SMILES string of the molecule is CCCOc1ccc(C(=O)Nc2ccc(-c3nc4cc(C(C)C)ccc4o3)cc2)cc1. The van der Waals surface area contributed by atoms with Gasteiger partial charge in [-0.25, -0.2) is 4.98 Å². The highest BCUT2D eigenvalue weighted by Crippen LogP contribution is 2.27. The number of rotatable bonds is 7. The molecule has 0 aliphatic carbocycles. The van der Waals surface area contributed by atoms with E-state index < -0.39 is 0 Å². The number of oxazole rings is 1. The van der Waals surface area contributed by atoms with Crippen LogP contribution in [0.5, 0.6) is 5.75 Å². The largest absolute Gasteiger partial charge is 0.494 e. The van der Waals surface area contributed by atoms with Gasteiger partial charge in [-0.2, -0.15) is 0 Å². The molecular weight excluding hydrogens is 388 g/mol. The molecule has 0 fully saturated rings. The number of amides is 1. The van der Waals surface area contributed by atoms with E-state index in [2.05, 4.69) is 43.2 Å². The number of benzene rings is 3. The van der Waals surface area contributed by atoms with Crippen molar-refractivity contribution >= 4 is 22.7 Å². The molecule has 0 unspecified atom stereocenters. The van der Waals surface area contributed by atoms with Crippen molar-refractivity contribution in [2.24, 2.45) is 0 Å². The zero-order valence-electron chi connectivity index (χ0n) is 18.0. The van der Waals surface area contributed by atoms with Crippen molar-refractivity contribution in [3.05, 3.63) is 77.9 Å². The highest BCUT2D eigenvalue weighted by atomic mass is 16.5. The van der Waals surface area contributed by atoms with Gasteiger partial charge in [0.15, 0.2) is 5.58 Å². The molecule has 3 aromatic carbocycles. The molecule has 31 heavy (non-hydrogen) atoms. The number of aromatic nitrogens is 1. The monoisotopic (exact) mass is 414 g/mol. The van der Waals surface area contributed by atoms with Gasteiger partial charge in [0, 0.05) is 16.8 Å². The summed E-state index contributed by atoms with van der Waals surface area (Å²) in [7, 11) is 0. The molecular formula is C26H26N2O3. The van der Waals surface area contributed by atoms with Crippen LogP contribution in [0.2, 0.25) is 0 Å². The van der Waals surface area contributed by atoms with E-state index >= 15 is 0 Å². The number of nitrogens with one attached hydrogen (secondary N) is 1. The molecule has 0 spiro atoms. The van der Waals surface area contributed by atoms with Crippen LogP contribution < -0.4 is 10.1 Å². The Kier molecular flexibility index (Phi) is 6.03. The molecule has 0 bridgehead atoms. The zero-order valence-corrected chi connectivity index (χ0v) is 18.0. The maximum Gasteiger partial charge on any atom is 0.255 e. The molecule has 4 rings (SSSR count). The summed E-state index contributed by atoms with van der Waals surface area (Å²) in [6.45, 7) is 7.03. The zero-order chi connectivity index (χ0) is 21.8. The summed E-state index contributed by atoms with van der Waals surface area (Å²) in [6.07, 6.45) is 0.945. The molecule has 1 aromatic heterocycles. The van der Waals surface area contributed by atoms with E-state index in [4.69, 9.17) is 9.15 Å². The van der Waals surface area contributed by atoms with Crippen molar-refractivity contribution in [2.75, 3.05) is 11.9 Å². The smallest absolute Gasteiger partial charge is 0.255 e. The van der Waals surface area contributed by atoms with Gasteiger partial charge in [-0.15, -0.1) is 0 Å². The summed E-state index contributed by atoms with van der Waals surface area (Å²) in [4.78, 5) is 17.1. The molecule has 0 radical (unpaired) electrons. The van der Waals surface area contributed by atoms with Crippen LogP contribution in [0.25, 0.3) is 22.6 Å². The number of hydrogen-bond donors (Lipinski definition) is 1. The third-order valence-electron chi connectivity index (χ3n) is 5.06. The minimum absolute atomic E-state index is 0.169. The first-order valence-electron chi connectivity index (χ1n) is 10.6. The molecule has 0 saturated heterocycles. The summed E-state index contributed by atoms with van der Waals surface area (Å²) in [5.41, 5.74) is 4.99. The van der Waals surface area contributed by atoms with Gasteiger partial charge in [-0.1, -0.05) is 26.8 Å². The second-order valence-corrected chi connectivity index (χ2v) is 7.81. The molecule has 0 aliphatic rings. The number of fused-ring (bicyclic) bond motifs is 1. The van der Waals surface area contributed by atoms with Gasteiger partial charge in [-0.3, -0.25) is 4.79 Å². The maximum absolute atomic E-state index is 12.5. The van der Waals surface area contributed by atoms with Crippen LogP contribution in [0.4, 0.5) is 5.69 Å². The Balaban J connectivity index is 1.45. The van der Waals surface area contributed by atoms with E-state index in [9.17, 15) is 4.79 Å². The highest BCUT2D eigenvalue weighted by molar-refractivity contribution is 6.04. The summed E-state index contributed by atoms with van der Waals surface area (Å²) in [6, 6.07) is 20.7. The normalized spacial score (nSPS) is 11.1. The maximum atomic E-state index is 12.5. The molecule has 5 heteroatoms. The van der Waals surface area contributed by atoms with E-state index in [0.29, 0.717) is 29.7 Å². The molecule has 0 aliphatic heterocycles. The molecule has 1 heterocycles. The third-order valence-corrected chi connectivity index (χ3v) is 5.06. The molecule has 1 N–H and O–H groups in total. The number of hydrogen-bond acceptors (Lipinski definition) is 4. The number of anilines is 1. The first-order chi connectivity index (χ1) is 15.0. The minimum Gasteiger partial charge on any atom is -0.494 e. The average molecular weight is 415 g/mol. The van der Waals surface area contributed by atoms with E-state index in [-0.39, 0.29) is 5.91 Å². The summed E-state index contributed by atoms with van der Waals surface area (Å²) < 4.78 is 11.5. The van der Waals surface area contributed by atoms with E-state index in [1.54, 1.807) is 12.1 Å². The predicted octanol–water partition coefficient (Wildman–Crippen LogP) is 6.66. The average Bonchev–Trinajstić information content (AvgIpc) is 3.22. The van der Waals surface area contributed by atoms with Gasteiger partial charge in [0.2, 0.25) is 5.89 Å². The number of carbonyl (C=O) groups excluding carboxylic acids is 1. The van der Waals surface area contributed by atoms with Gasteiger partial charge in [0.25, 0.3) is 5.91 Å². The molecule has 5 nitrogen and oxygen atoms in total.